The summed E-state index contributed by atoms with van der Waals surface area (Å²) in [6, 6.07) is 9.34. The van der Waals surface area contributed by atoms with Gasteiger partial charge in [0.2, 0.25) is 15.9 Å². The Morgan fingerprint density at radius 3 is 2.41 bits per heavy atom. The summed E-state index contributed by atoms with van der Waals surface area (Å²) in [5, 5.41) is 2.71. The van der Waals surface area contributed by atoms with E-state index in [1.54, 1.807) is 13.8 Å². The Labute approximate surface area is 162 Å². The number of hydrogen-bond donors (Lipinski definition) is 1. The van der Waals surface area contributed by atoms with E-state index in [-0.39, 0.29) is 23.0 Å². The number of likely N-dealkylation sites (N-methyl/N-ethyl adjacent to an activating group) is 1. The minimum atomic E-state index is -3.93. The van der Waals surface area contributed by atoms with Crippen molar-refractivity contribution in [3.05, 3.63) is 53.3 Å². The molecule has 1 N–H and O–H groups in total. The molecule has 0 saturated heterocycles. The fourth-order valence-electron chi connectivity index (χ4n) is 2.32. The minimum absolute atomic E-state index is 0.0348. The molecule has 9 heteroatoms. The number of halogens is 2. The highest BCUT2D eigenvalue weighted by molar-refractivity contribution is 7.89. The van der Waals surface area contributed by atoms with Gasteiger partial charge in [-0.25, -0.2) is 12.8 Å². The fourth-order valence-corrected chi connectivity index (χ4v) is 4.06. The molecule has 0 aliphatic carbocycles. The Morgan fingerprint density at radius 2 is 1.85 bits per heavy atom. The SMILES string of the molecule is CCOc1ccc(S(=O)(=O)N(CC)CC(=O)Nc2ccc(F)cc2)cc1Cl. The molecule has 0 bridgehead atoms. The second-order valence-corrected chi connectivity index (χ2v) is 7.86. The first kappa shape index (κ1) is 21.1. The summed E-state index contributed by atoms with van der Waals surface area (Å²) < 4.78 is 44.9. The summed E-state index contributed by atoms with van der Waals surface area (Å²) in [6.07, 6.45) is 0. The number of rotatable bonds is 8. The minimum Gasteiger partial charge on any atom is -0.492 e. The van der Waals surface area contributed by atoms with Crippen LogP contribution in [0, 0.1) is 5.82 Å². The molecule has 0 aliphatic heterocycles. The molecule has 0 aliphatic rings. The molecular weight excluding hydrogens is 395 g/mol. The van der Waals surface area contributed by atoms with Gasteiger partial charge in [-0.2, -0.15) is 4.31 Å². The van der Waals surface area contributed by atoms with Gasteiger partial charge in [-0.1, -0.05) is 18.5 Å². The highest BCUT2D eigenvalue weighted by atomic mass is 35.5. The molecular formula is C18H20ClFN2O4S. The molecule has 0 radical (unpaired) electrons. The molecule has 1 amide bonds. The number of nitrogens with zero attached hydrogens (tertiary/aromatic N) is 1. The average Bonchev–Trinajstić information content (AvgIpc) is 2.63. The number of ether oxygens (including phenoxy) is 1. The molecule has 0 fully saturated rings. The quantitative estimate of drug-likeness (QED) is 0.717. The third kappa shape index (κ3) is 5.41. The van der Waals surface area contributed by atoms with Crippen molar-refractivity contribution < 1.29 is 22.3 Å². The first-order chi connectivity index (χ1) is 12.8. The average molecular weight is 415 g/mol. The summed E-state index contributed by atoms with van der Waals surface area (Å²) in [7, 11) is -3.93. The zero-order valence-electron chi connectivity index (χ0n) is 14.9. The lowest BCUT2D eigenvalue weighted by Crippen LogP contribution is -2.37. The number of sulfonamides is 1. The topological polar surface area (TPSA) is 75.7 Å². The van der Waals surface area contributed by atoms with Crippen molar-refractivity contribution in [2.75, 3.05) is 25.0 Å². The molecule has 0 atom stereocenters. The zero-order valence-corrected chi connectivity index (χ0v) is 16.5. The van der Waals surface area contributed by atoms with Crippen LogP contribution in [-0.2, 0) is 14.8 Å². The van der Waals surface area contributed by atoms with E-state index >= 15 is 0 Å². The second-order valence-electron chi connectivity index (χ2n) is 5.51. The Bertz CT molecular complexity index is 904. The molecule has 146 valence electrons. The standard InChI is InChI=1S/C18H20ClFN2O4S/c1-3-22(12-18(23)21-14-7-5-13(20)6-8-14)27(24,25)15-9-10-17(26-4-2)16(19)11-15/h5-11H,3-4,12H2,1-2H3,(H,21,23). The molecule has 0 saturated carbocycles. The summed E-state index contributed by atoms with van der Waals surface area (Å²) >= 11 is 6.07. The number of nitrogens with one attached hydrogen (secondary N) is 1. The van der Waals surface area contributed by atoms with Crippen LogP contribution in [0.15, 0.2) is 47.4 Å². The van der Waals surface area contributed by atoms with E-state index in [4.69, 9.17) is 16.3 Å². The first-order valence-corrected chi connectivity index (χ1v) is 10.1. The highest BCUT2D eigenvalue weighted by Gasteiger charge is 2.26. The van der Waals surface area contributed by atoms with Gasteiger partial charge in [-0.15, -0.1) is 0 Å². The van der Waals surface area contributed by atoms with E-state index in [0.717, 1.165) is 4.31 Å². The Hall–Kier alpha value is -2.16. The third-order valence-corrected chi connectivity index (χ3v) is 5.85. The molecule has 0 heterocycles. The van der Waals surface area contributed by atoms with Gasteiger partial charge >= 0.3 is 0 Å². The van der Waals surface area contributed by atoms with Gasteiger partial charge in [-0.05, 0) is 49.4 Å². The maximum atomic E-state index is 12.9. The third-order valence-electron chi connectivity index (χ3n) is 3.64. The van der Waals surface area contributed by atoms with Gasteiger partial charge in [0.15, 0.2) is 0 Å². The van der Waals surface area contributed by atoms with E-state index in [1.165, 1.54) is 42.5 Å². The van der Waals surface area contributed by atoms with Gasteiger partial charge in [0.25, 0.3) is 0 Å². The zero-order chi connectivity index (χ0) is 20.0. The second kappa shape index (κ2) is 9.16. The molecule has 2 aromatic rings. The van der Waals surface area contributed by atoms with Gasteiger partial charge in [0.1, 0.15) is 11.6 Å². The van der Waals surface area contributed by atoms with E-state index in [0.29, 0.717) is 18.0 Å². The predicted octanol–water partition coefficient (Wildman–Crippen LogP) is 3.53. The Kier molecular flexibility index (Phi) is 7.18. The molecule has 6 nitrogen and oxygen atoms in total. The predicted molar refractivity (Wildman–Crippen MR) is 102 cm³/mol. The van der Waals surface area contributed by atoms with Gasteiger partial charge in [0, 0.05) is 12.2 Å². The normalized spacial score (nSPS) is 11.4. The Balaban J connectivity index is 2.15. The summed E-state index contributed by atoms with van der Waals surface area (Å²) in [5.74, 6) is -0.586. The monoisotopic (exact) mass is 414 g/mol. The van der Waals surface area contributed by atoms with Gasteiger partial charge < -0.3 is 10.1 Å². The fraction of sp³-hybridized carbons (Fsp3) is 0.278. The van der Waals surface area contributed by atoms with Crippen LogP contribution < -0.4 is 10.1 Å². The lowest BCUT2D eigenvalue weighted by atomic mass is 10.3. The summed E-state index contributed by atoms with van der Waals surface area (Å²) in [4.78, 5) is 12.2. The summed E-state index contributed by atoms with van der Waals surface area (Å²) in [6.45, 7) is 3.51. The van der Waals surface area contributed by atoms with Crippen LogP contribution in [0.4, 0.5) is 10.1 Å². The maximum absolute atomic E-state index is 12.9. The van der Waals surface area contributed by atoms with Crippen LogP contribution in [0.3, 0.4) is 0 Å². The van der Waals surface area contributed by atoms with Crippen molar-refractivity contribution in [2.24, 2.45) is 0 Å². The van der Waals surface area contributed by atoms with Gasteiger partial charge in [-0.3, -0.25) is 4.79 Å². The molecule has 0 aromatic heterocycles. The number of anilines is 1. The molecule has 2 aromatic carbocycles. The van der Waals surface area contributed by atoms with Crippen LogP contribution in [0.1, 0.15) is 13.8 Å². The van der Waals surface area contributed by atoms with E-state index in [9.17, 15) is 17.6 Å². The van der Waals surface area contributed by atoms with E-state index in [1.807, 2.05) is 0 Å². The van der Waals surface area contributed by atoms with Crippen LogP contribution in [0.2, 0.25) is 5.02 Å². The van der Waals surface area contributed by atoms with Crippen LogP contribution in [-0.4, -0.2) is 38.3 Å². The Morgan fingerprint density at radius 1 is 1.19 bits per heavy atom. The van der Waals surface area contributed by atoms with Crippen molar-refractivity contribution in [1.82, 2.24) is 4.31 Å². The highest BCUT2D eigenvalue weighted by Crippen LogP contribution is 2.28. The van der Waals surface area contributed by atoms with Crippen molar-refractivity contribution in [1.29, 1.82) is 0 Å². The van der Waals surface area contributed by atoms with Crippen molar-refractivity contribution in [2.45, 2.75) is 18.7 Å². The first-order valence-electron chi connectivity index (χ1n) is 8.25. The number of carbonyl (C=O) groups is 1. The molecule has 2 rings (SSSR count). The van der Waals surface area contributed by atoms with Gasteiger partial charge in [0.05, 0.1) is 23.1 Å². The molecule has 0 spiro atoms. The molecule has 0 unspecified atom stereocenters. The lowest BCUT2D eigenvalue weighted by Gasteiger charge is -2.20. The van der Waals surface area contributed by atoms with E-state index < -0.39 is 21.7 Å². The molecule has 27 heavy (non-hydrogen) atoms. The van der Waals surface area contributed by atoms with Crippen molar-refractivity contribution >= 4 is 33.2 Å². The smallest absolute Gasteiger partial charge is 0.243 e. The van der Waals surface area contributed by atoms with Crippen LogP contribution in [0.5, 0.6) is 5.75 Å². The number of carbonyl (C=O) groups excluding carboxylic acids is 1. The number of amides is 1. The van der Waals surface area contributed by atoms with Crippen molar-refractivity contribution in [3.8, 4) is 5.75 Å². The van der Waals surface area contributed by atoms with Crippen LogP contribution in [0.25, 0.3) is 0 Å². The van der Waals surface area contributed by atoms with Crippen LogP contribution >= 0.6 is 11.6 Å². The number of hydrogen-bond acceptors (Lipinski definition) is 4. The largest absolute Gasteiger partial charge is 0.492 e. The van der Waals surface area contributed by atoms with E-state index in [2.05, 4.69) is 5.32 Å². The lowest BCUT2D eigenvalue weighted by molar-refractivity contribution is -0.116. The van der Waals surface area contributed by atoms with Crippen molar-refractivity contribution in [3.63, 3.8) is 0 Å². The summed E-state index contributed by atoms with van der Waals surface area (Å²) in [5.41, 5.74) is 0.374. The number of benzene rings is 2. The maximum Gasteiger partial charge on any atom is 0.243 e.